The zero-order valence-electron chi connectivity index (χ0n) is 19.9. The van der Waals surface area contributed by atoms with Crippen LogP contribution in [0.25, 0.3) is 6.08 Å². The van der Waals surface area contributed by atoms with Crippen LogP contribution in [0.5, 0.6) is 11.5 Å². The Bertz CT molecular complexity index is 929. The highest BCUT2D eigenvalue weighted by molar-refractivity contribution is 6.07. The predicted molar refractivity (Wildman–Crippen MR) is 130 cm³/mol. The maximum absolute atomic E-state index is 12.8. The number of ketones is 1. The Hall–Kier alpha value is -3.08. The summed E-state index contributed by atoms with van der Waals surface area (Å²) in [7, 11) is 3.40. The van der Waals surface area contributed by atoms with Crippen LogP contribution in [0.1, 0.15) is 71.9 Å². The number of amides is 1. The van der Waals surface area contributed by atoms with Gasteiger partial charge in [0.1, 0.15) is 11.5 Å². The van der Waals surface area contributed by atoms with Gasteiger partial charge in [-0.05, 0) is 55.2 Å². The largest absolute Gasteiger partial charge is 0.493 e. The third kappa shape index (κ3) is 6.71. The molecule has 0 saturated heterocycles. The fourth-order valence-corrected chi connectivity index (χ4v) is 3.25. The van der Waals surface area contributed by atoms with E-state index in [0.29, 0.717) is 30.1 Å². The SMILES string of the molecule is CCCOc1ccc(CCC)c(OCCC)c1C=CC(=O)c1ccc(C(=O)N(C)C)cc1. The summed E-state index contributed by atoms with van der Waals surface area (Å²) in [5, 5.41) is 0. The molecule has 0 spiro atoms. The summed E-state index contributed by atoms with van der Waals surface area (Å²) in [5.41, 5.74) is 2.98. The van der Waals surface area contributed by atoms with Gasteiger partial charge in [-0.2, -0.15) is 0 Å². The quantitative estimate of drug-likeness (QED) is 0.310. The Morgan fingerprint density at radius 1 is 0.844 bits per heavy atom. The van der Waals surface area contributed by atoms with Crippen LogP contribution in [0.3, 0.4) is 0 Å². The minimum Gasteiger partial charge on any atom is -0.493 e. The van der Waals surface area contributed by atoms with Crippen molar-refractivity contribution in [1.82, 2.24) is 4.90 Å². The minimum absolute atomic E-state index is 0.0947. The molecule has 0 aliphatic rings. The van der Waals surface area contributed by atoms with Gasteiger partial charge in [0.25, 0.3) is 5.91 Å². The Morgan fingerprint density at radius 3 is 2.06 bits per heavy atom. The molecule has 32 heavy (non-hydrogen) atoms. The number of hydrogen-bond donors (Lipinski definition) is 0. The maximum atomic E-state index is 12.8. The zero-order chi connectivity index (χ0) is 23.5. The fraction of sp³-hybridized carbons (Fsp3) is 0.407. The summed E-state index contributed by atoms with van der Waals surface area (Å²) < 4.78 is 12.1. The molecule has 0 heterocycles. The van der Waals surface area contributed by atoms with E-state index in [9.17, 15) is 9.59 Å². The highest BCUT2D eigenvalue weighted by atomic mass is 16.5. The summed E-state index contributed by atoms with van der Waals surface area (Å²) in [5.74, 6) is 1.27. The number of hydrogen-bond acceptors (Lipinski definition) is 4. The first-order valence-electron chi connectivity index (χ1n) is 11.4. The molecule has 0 unspecified atom stereocenters. The van der Waals surface area contributed by atoms with E-state index in [1.165, 1.54) is 4.90 Å². The average Bonchev–Trinajstić information content (AvgIpc) is 2.80. The van der Waals surface area contributed by atoms with E-state index in [0.717, 1.165) is 42.6 Å². The Labute approximate surface area is 192 Å². The third-order valence-corrected chi connectivity index (χ3v) is 4.89. The van der Waals surface area contributed by atoms with Crippen molar-refractivity contribution in [3.05, 3.63) is 64.7 Å². The van der Waals surface area contributed by atoms with Crippen LogP contribution in [0, 0.1) is 0 Å². The van der Waals surface area contributed by atoms with Gasteiger partial charge < -0.3 is 14.4 Å². The second kappa shape index (κ2) is 12.7. The highest BCUT2D eigenvalue weighted by Crippen LogP contribution is 2.35. The van der Waals surface area contributed by atoms with E-state index in [1.54, 1.807) is 50.5 Å². The van der Waals surface area contributed by atoms with Crippen molar-refractivity contribution in [3.63, 3.8) is 0 Å². The number of nitrogens with zero attached hydrogens (tertiary/aromatic N) is 1. The first-order valence-corrected chi connectivity index (χ1v) is 11.4. The molecule has 2 rings (SSSR count). The number of carbonyl (C=O) groups excluding carboxylic acids is 2. The minimum atomic E-state index is -0.141. The molecule has 0 aliphatic heterocycles. The van der Waals surface area contributed by atoms with E-state index in [1.807, 2.05) is 6.07 Å². The molecule has 0 fully saturated rings. The van der Waals surface area contributed by atoms with E-state index in [-0.39, 0.29) is 11.7 Å². The number of aryl methyl sites for hydroxylation is 1. The smallest absolute Gasteiger partial charge is 0.253 e. The molecular weight excluding hydrogens is 402 g/mol. The molecule has 0 radical (unpaired) electrons. The molecule has 0 saturated carbocycles. The lowest BCUT2D eigenvalue weighted by Gasteiger charge is -2.17. The summed E-state index contributed by atoms with van der Waals surface area (Å²) >= 11 is 0. The van der Waals surface area contributed by atoms with Gasteiger partial charge in [0.05, 0.1) is 18.8 Å². The highest BCUT2D eigenvalue weighted by Gasteiger charge is 2.15. The van der Waals surface area contributed by atoms with Gasteiger partial charge in [-0.25, -0.2) is 0 Å². The van der Waals surface area contributed by atoms with Gasteiger partial charge in [-0.3, -0.25) is 9.59 Å². The van der Waals surface area contributed by atoms with Crippen LogP contribution in [-0.2, 0) is 6.42 Å². The van der Waals surface area contributed by atoms with Gasteiger partial charge in [0, 0.05) is 25.2 Å². The molecule has 0 aromatic heterocycles. The first-order chi connectivity index (χ1) is 15.4. The number of carbonyl (C=O) groups is 2. The standard InChI is InChI=1S/C27H35NO4/c1-6-9-21-14-17-25(31-18-7-2)23(26(21)32-19-8-3)15-16-24(29)20-10-12-22(13-11-20)27(30)28(4)5/h10-17H,6-9,18-19H2,1-5H3. The van der Waals surface area contributed by atoms with Gasteiger partial charge in [-0.1, -0.05) is 45.4 Å². The summed E-state index contributed by atoms with van der Waals surface area (Å²) in [4.78, 5) is 26.4. The van der Waals surface area contributed by atoms with Gasteiger partial charge in [0.15, 0.2) is 5.78 Å². The van der Waals surface area contributed by atoms with Crippen molar-refractivity contribution in [2.75, 3.05) is 27.3 Å². The number of ether oxygens (including phenoxy) is 2. The van der Waals surface area contributed by atoms with Crippen LogP contribution in [0.15, 0.2) is 42.5 Å². The van der Waals surface area contributed by atoms with Crippen LogP contribution >= 0.6 is 0 Å². The van der Waals surface area contributed by atoms with Crippen molar-refractivity contribution in [1.29, 1.82) is 0 Å². The van der Waals surface area contributed by atoms with E-state index in [2.05, 4.69) is 26.8 Å². The normalized spacial score (nSPS) is 10.9. The van der Waals surface area contributed by atoms with Crippen molar-refractivity contribution in [2.45, 2.75) is 46.5 Å². The van der Waals surface area contributed by atoms with Crippen LogP contribution in [0.4, 0.5) is 0 Å². The molecule has 2 aromatic rings. The summed E-state index contributed by atoms with van der Waals surface area (Å²) in [6.07, 6.45) is 7.01. The predicted octanol–water partition coefficient (Wildman–Crippen LogP) is 5.81. The lowest BCUT2D eigenvalue weighted by molar-refractivity contribution is 0.0827. The van der Waals surface area contributed by atoms with Crippen LogP contribution in [-0.4, -0.2) is 43.9 Å². The summed E-state index contributed by atoms with van der Waals surface area (Å²) in [6.45, 7) is 7.46. The van der Waals surface area contributed by atoms with Crippen molar-refractivity contribution < 1.29 is 19.1 Å². The molecule has 2 aromatic carbocycles. The average molecular weight is 438 g/mol. The van der Waals surface area contributed by atoms with Crippen LogP contribution < -0.4 is 9.47 Å². The lowest BCUT2D eigenvalue weighted by atomic mass is 10.0. The molecule has 5 heteroatoms. The molecule has 0 atom stereocenters. The molecule has 5 nitrogen and oxygen atoms in total. The number of benzene rings is 2. The Balaban J connectivity index is 2.37. The van der Waals surface area contributed by atoms with Crippen LogP contribution in [0.2, 0.25) is 0 Å². The fourth-order valence-electron chi connectivity index (χ4n) is 3.25. The third-order valence-electron chi connectivity index (χ3n) is 4.89. The first kappa shape index (κ1) is 25.2. The molecule has 172 valence electrons. The number of allylic oxidation sites excluding steroid dienone is 1. The van der Waals surface area contributed by atoms with Gasteiger partial charge >= 0.3 is 0 Å². The monoisotopic (exact) mass is 437 g/mol. The number of rotatable bonds is 12. The second-order valence-corrected chi connectivity index (χ2v) is 7.89. The van der Waals surface area contributed by atoms with E-state index in [4.69, 9.17) is 9.47 Å². The van der Waals surface area contributed by atoms with E-state index < -0.39 is 0 Å². The second-order valence-electron chi connectivity index (χ2n) is 7.89. The van der Waals surface area contributed by atoms with E-state index >= 15 is 0 Å². The zero-order valence-corrected chi connectivity index (χ0v) is 19.9. The Morgan fingerprint density at radius 2 is 1.47 bits per heavy atom. The molecule has 0 aliphatic carbocycles. The topological polar surface area (TPSA) is 55.8 Å². The van der Waals surface area contributed by atoms with Crippen molar-refractivity contribution in [3.8, 4) is 11.5 Å². The van der Waals surface area contributed by atoms with Gasteiger partial charge in [0.2, 0.25) is 0 Å². The molecule has 0 N–H and O–H groups in total. The maximum Gasteiger partial charge on any atom is 0.253 e. The van der Waals surface area contributed by atoms with Crippen molar-refractivity contribution in [2.24, 2.45) is 0 Å². The molecular formula is C27H35NO4. The summed E-state index contributed by atoms with van der Waals surface area (Å²) in [6, 6.07) is 10.7. The molecule has 1 amide bonds. The Kier molecular flexibility index (Phi) is 9.99. The molecule has 0 bridgehead atoms. The van der Waals surface area contributed by atoms with Crippen molar-refractivity contribution >= 4 is 17.8 Å². The lowest BCUT2D eigenvalue weighted by Crippen LogP contribution is -2.21. The van der Waals surface area contributed by atoms with Gasteiger partial charge in [-0.15, -0.1) is 0 Å².